The molecule has 0 heterocycles. The molecule has 0 saturated heterocycles. The van der Waals surface area contributed by atoms with E-state index in [1.165, 1.54) is 0 Å². The molecule has 0 aliphatic heterocycles. The van der Waals surface area contributed by atoms with Crippen LogP contribution in [0, 0.1) is 0 Å². The lowest BCUT2D eigenvalue weighted by Crippen LogP contribution is -2.12. The summed E-state index contributed by atoms with van der Waals surface area (Å²) in [6.07, 6.45) is 0. The van der Waals surface area contributed by atoms with Crippen LogP contribution in [-0.4, -0.2) is 31.5 Å². The van der Waals surface area contributed by atoms with Gasteiger partial charge in [-0.3, -0.25) is 0 Å². The van der Waals surface area contributed by atoms with Crippen molar-refractivity contribution in [1.82, 2.24) is 0 Å². The minimum absolute atomic E-state index is 0.202. The highest BCUT2D eigenvalue weighted by Crippen LogP contribution is 2.26. The lowest BCUT2D eigenvalue weighted by atomic mass is 10.3. The Morgan fingerprint density at radius 1 is 1.35 bits per heavy atom. The molecule has 0 atom stereocenters. The van der Waals surface area contributed by atoms with E-state index < -0.39 is 0 Å². The molecule has 1 rings (SSSR count). The molecule has 0 aliphatic rings. The first kappa shape index (κ1) is 13.8. The molecule has 4 nitrogen and oxygen atoms in total. The first-order valence-corrected chi connectivity index (χ1v) is 6.00. The number of ether oxygens (including phenoxy) is 2. The van der Waals surface area contributed by atoms with Crippen molar-refractivity contribution in [2.75, 3.05) is 25.7 Å². The number of hydrogen-bond donors (Lipinski definition) is 1. The van der Waals surface area contributed by atoms with Gasteiger partial charge in [0.25, 0.3) is 0 Å². The minimum atomic E-state index is 0.202. The number of nitrogens with zero attached hydrogens (tertiary/aromatic N) is 1. The van der Waals surface area contributed by atoms with Crippen LogP contribution in [0.5, 0.6) is 5.75 Å². The van der Waals surface area contributed by atoms with Crippen molar-refractivity contribution in [3.63, 3.8) is 0 Å². The normalized spacial score (nSPS) is 11.5. The van der Waals surface area contributed by atoms with Gasteiger partial charge < -0.3 is 15.2 Å². The zero-order valence-corrected chi connectivity index (χ0v) is 10.6. The third-order valence-electron chi connectivity index (χ3n) is 1.96. The fourth-order valence-corrected chi connectivity index (χ4v) is 1.27. The summed E-state index contributed by atoms with van der Waals surface area (Å²) in [7, 11) is 0. The van der Waals surface area contributed by atoms with Crippen molar-refractivity contribution in [3.05, 3.63) is 24.3 Å². The zero-order chi connectivity index (χ0) is 12.5. The smallest absolute Gasteiger partial charge is 0.145 e. The Balaban J connectivity index is 2.64. The molecule has 94 valence electrons. The van der Waals surface area contributed by atoms with E-state index in [0.717, 1.165) is 0 Å². The third-order valence-corrected chi connectivity index (χ3v) is 2.23. The molecule has 0 aliphatic carbocycles. The monoisotopic (exact) mass is 256 g/mol. The largest absolute Gasteiger partial charge is 0.489 e. The molecule has 2 N–H and O–H groups in total. The fourth-order valence-electron chi connectivity index (χ4n) is 1.21. The van der Waals surface area contributed by atoms with Crippen molar-refractivity contribution in [3.8, 4) is 5.75 Å². The van der Waals surface area contributed by atoms with E-state index in [-0.39, 0.29) is 5.88 Å². The maximum absolute atomic E-state index is 5.59. The summed E-state index contributed by atoms with van der Waals surface area (Å²) in [4.78, 5) is 4.17. The molecule has 0 fully saturated rings. The van der Waals surface area contributed by atoms with Gasteiger partial charge in [-0.2, -0.15) is 0 Å². The number of alkyl halides is 1. The summed E-state index contributed by atoms with van der Waals surface area (Å²) in [5.41, 5.74) is 6.27. The number of rotatable bonds is 7. The highest BCUT2D eigenvalue weighted by Gasteiger charge is 2.02. The number of para-hydroxylation sites is 2. The Morgan fingerprint density at radius 3 is 2.82 bits per heavy atom. The Morgan fingerprint density at radius 2 is 2.12 bits per heavy atom. The van der Waals surface area contributed by atoms with Crippen LogP contribution >= 0.6 is 11.6 Å². The van der Waals surface area contributed by atoms with E-state index in [0.29, 0.717) is 37.1 Å². The SMILES string of the molecule is CCOCCOc1ccccc1N=C(N)CCl. The fraction of sp³-hybridized carbons (Fsp3) is 0.417. The van der Waals surface area contributed by atoms with Gasteiger partial charge in [-0.25, -0.2) is 4.99 Å². The second-order valence-corrected chi connectivity index (χ2v) is 3.52. The van der Waals surface area contributed by atoms with E-state index in [1.54, 1.807) is 0 Å². The Kier molecular flexibility index (Phi) is 6.43. The molecule has 1 aromatic rings. The van der Waals surface area contributed by atoms with Crippen molar-refractivity contribution in [2.24, 2.45) is 10.7 Å². The van der Waals surface area contributed by atoms with Crippen LogP contribution in [0.1, 0.15) is 6.92 Å². The molecule has 0 aromatic heterocycles. The second-order valence-electron chi connectivity index (χ2n) is 3.25. The van der Waals surface area contributed by atoms with Crippen molar-refractivity contribution >= 4 is 23.1 Å². The first-order chi connectivity index (χ1) is 8.27. The Hall–Kier alpha value is -1.26. The van der Waals surface area contributed by atoms with Crippen LogP contribution in [0.4, 0.5) is 5.69 Å². The number of benzene rings is 1. The lowest BCUT2D eigenvalue weighted by molar-refractivity contribution is 0.110. The van der Waals surface area contributed by atoms with Gasteiger partial charge in [-0.05, 0) is 19.1 Å². The molecule has 0 amide bonds. The third kappa shape index (κ3) is 5.06. The van der Waals surface area contributed by atoms with E-state index in [1.807, 2.05) is 31.2 Å². The van der Waals surface area contributed by atoms with Gasteiger partial charge in [0.15, 0.2) is 0 Å². The van der Waals surface area contributed by atoms with Crippen molar-refractivity contribution in [2.45, 2.75) is 6.92 Å². The molecule has 0 saturated carbocycles. The zero-order valence-electron chi connectivity index (χ0n) is 9.86. The van der Waals surface area contributed by atoms with Crippen LogP contribution in [0.15, 0.2) is 29.3 Å². The number of hydrogen-bond acceptors (Lipinski definition) is 3. The molecule has 0 unspecified atom stereocenters. The Labute approximate surface area is 106 Å². The summed E-state index contributed by atoms with van der Waals surface area (Å²) < 4.78 is 10.7. The van der Waals surface area contributed by atoms with Crippen LogP contribution in [0.25, 0.3) is 0 Å². The van der Waals surface area contributed by atoms with E-state index in [4.69, 9.17) is 26.8 Å². The van der Waals surface area contributed by atoms with Crippen LogP contribution in [0.2, 0.25) is 0 Å². The summed E-state index contributed by atoms with van der Waals surface area (Å²) in [6, 6.07) is 7.42. The molecule has 17 heavy (non-hydrogen) atoms. The highest BCUT2D eigenvalue weighted by atomic mass is 35.5. The minimum Gasteiger partial charge on any atom is -0.489 e. The average Bonchev–Trinajstić information content (AvgIpc) is 2.36. The average molecular weight is 257 g/mol. The van der Waals surface area contributed by atoms with Crippen molar-refractivity contribution in [1.29, 1.82) is 0 Å². The topological polar surface area (TPSA) is 56.8 Å². The number of aliphatic imine (C=N–C) groups is 1. The van der Waals surface area contributed by atoms with Crippen LogP contribution < -0.4 is 10.5 Å². The van der Waals surface area contributed by atoms with Crippen LogP contribution in [0.3, 0.4) is 0 Å². The molecule has 5 heteroatoms. The summed E-state index contributed by atoms with van der Waals surface area (Å²) in [5.74, 6) is 1.25. The van der Waals surface area contributed by atoms with E-state index in [2.05, 4.69) is 4.99 Å². The summed E-state index contributed by atoms with van der Waals surface area (Å²) >= 11 is 5.58. The van der Waals surface area contributed by atoms with Gasteiger partial charge in [0, 0.05) is 6.61 Å². The molecule has 0 spiro atoms. The maximum atomic E-state index is 5.59. The highest BCUT2D eigenvalue weighted by molar-refractivity contribution is 6.28. The van der Waals surface area contributed by atoms with Gasteiger partial charge >= 0.3 is 0 Å². The van der Waals surface area contributed by atoms with Gasteiger partial charge in [0.05, 0.1) is 12.5 Å². The maximum Gasteiger partial charge on any atom is 0.145 e. The molecule has 1 aromatic carbocycles. The van der Waals surface area contributed by atoms with Crippen LogP contribution in [-0.2, 0) is 4.74 Å². The van der Waals surface area contributed by atoms with Crippen molar-refractivity contribution < 1.29 is 9.47 Å². The summed E-state index contributed by atoms with van der Waals surface area (Å²) in [5, 5.41) is 0. The molecular formula is C12H17ClN2O2. The quantitative estimate of drug-likeness (QED) is 0.353. The summed E-state index contributed by atoms with van der Waals surface area (Å²) in [6.45, 7) is 3.67. The first-order valence-electron chi connectivity index (χ1n) is 5.46. The number of nitrogens with two attached hydrogens (primary N) is 1. The van der Waals surface area contributed by atoms with Gasteiger partial charge in [0.2, 0.25) is 0 Å². The van der Waals surface area contributed by atoms with Gasteiger partial charge in [-0.15, -0.1) is 11.6 Å². The number of halogens is 1. The molecular weight excluding hydrogens is 240 g/mol. The molecule has 0 bridgehead atoms. The van der Waals surface area contributed by atoms with E-state index >= 15 is 0 Å². The standard InChI is InChI=1S/C12H17ClN2O2/c1-2-16-7-8-17-11-6-4-3-5-10(11)15-12(14)9-13/h3-6H,2,7-9H2,1H3,(H2,14,15). The van der Waals surface area contributed by atoms with Gasteiger partial charge in [-0.1, -0.05) is 12.1 Å². The predicted octanol–water partition coefficient (Wildman–Crippen LogP) is 2.33. The van der Waals surface area contributed by atoms with Gasteiger partial charge in [0.1, 0.15) is 23.9 Å². The lowest BCUT2D eigenvalue weighted by Gasteiger charge is -2.08. The predicted molar refractivity (Wildman–Crippen MR) is 70.4 cm³/mol. The van der Waals surface area contributed by atoms with E-state index in [9.17, 15) is 0 Å². The number of amidine groups is 1. The second kappa shape index (κ2) is 7.92. The Bertz CT molecular complexity index is 369. The molecule has 0 radical (unpaired) electrons.